The van der Waals surface area contributed by atoms with E-state index in [9.17, 15) is 67.7 Å². The lowest BCUT2D eigenvalue weighted by Crippen LogP contribution is -2.60. The Morgan fingerprint density at radius 3 is 0.960 bits per heavy atom. The third kappa shape index (κ3) is 38.1. The number of unbranched alkanes of at least 4 members (excludes halogenated alkanes) is 2. The number of carbonyl (C=O) groups excluding carboxylic acids is 11. The molecule has 1 heterocycles. The van der Waals surface area contributed by atoms with Crippen LogP contribution in [0.1, 0.15) is 135 Å². The summed E-state index contributed by atoms with van der Waals surface area (Å²) in [6, 6.07) is -14.5. The highest BCUT2D eigenvalue weighted by Crippen LogP contribution is 2.20. The van der Waals surface area contributed by atoms with E-state index in [-0.39, 0.29) is 172 Å². The number of aliphatic hydroxyl groups is 1. The molecule has 0 unspecified atom stereocenters. The van der Waals surface area contributed by atoms with Crippen molar-refractivity contribution in [2.75, 3.05) is 58.9 Å². The number of primary amides is 1. The molecule has 0 spiro atoms. The monoisotopic (exact) mass is 1440 g/mol. The number of nitrogens with zero attached hydrogens (tertiary/aromatic N) is 6. The minimum atomic E-state index is -1.74. The normalized spacial score (nSPS) is 15.3. The van der Waals surface area contributed by atoms with Crippen LogP contribution < -0.4 is 128 Å². The summed E-state index contributed by atoms with van der Waals surface area (Å²) in [5.41, 5.74) is 78.2. The number of likely N-dealkylation sites (tertiary alicyclic amines) is 1. The molecular weight excluding hydrogens is 1330 g/mol. The van der Waals surface area contributed by atoms with Gasteiger partial charge in [-0.05, 0) is 142 Å². The van der Waals surface area contributed by atoms with Crippen LogP contribution >= 0.6 is 0 Å². The van der Waals surface area contributed by atoms with E-state index in [1.54, 1.807) is 0 Å². The number of aliphatic carboxylic acids is 1. The average molecular weight is 1440 g/mol. The Labute approximate surface area is 585 Å². The van der Waals surface area contributed by atoms with Gasteiger partial charge >= 0.3 is 5.97 Å². The smallest absolute Gasteiger partial charge is 0.303 e. The van der Waals surface area contributed by atoms with Crippen LogP contribution in [0.25, 0.3) is 0 Å². The summed E-state index contributed by atoms with van der Waals surface area (Å²) in [7, 11) is 0. The number of nitrogens with two attached hydrogens (primary N) is 14. The molecule has 572 valence electrons. The molecule has 43 heteroatoms. The van der Waals surface area contributed by atoms with Crippen molar-refractivity contribution in [1.82, 2.24) is 52.8 Å². The number of carboxylic acids is 1. The highest BCUT2D eigenvalue weighted by molar-refractivity contribution is 5.99. The van der Waals surface area contributed by atoms with Crippen molar-refractivity contribution in [3.05, 3.63) is 0 Å². The molecule has 0 aromatic rings. The van der Waals surface area contributed by atoms with Gasteiger partial charge in [0.2, 0.25) is 65.0 Å². The molecule has 0 radical (unpaired) electrons. The molecule has 0 bridgehead atoms. The molecule has 1 aliphatic heterocycles. The van der Waals surface area contributed by atoms with Gasteiger partial charge in [-0.15, -0.1) is 0 Å². The Morgan fingerprint density at radius 1 is 0.416 bits per heavy atom. The zero-order chi connectivity index (χ0) is 76.1. The molecule has 11 atom stereocenters. The first-order valence-corrected chi connectivity index (χ1v) is 33.3. The summed E-state index contributed by atoms with van der Waals surface area (Å²) in [6.45, 7) is 1.00. The minimum absolute atomic E-state index is 0.00322. The molecule has 43 nitrogen and oxygen atoms in total. The van der Waals surface area contributed by atoms with E-state index in [4.69, 9.17) is 80.3 Å². The second-order valence-electron chi connectivity index (χ2n) is 23.9. The number of nitrogens with one attached hydrogen (secondary N) is 9. The SMILES string of the molecule is C[C@H](O)[C@H](N)C(=O)N1CCC[C@H]1C(=O)N[C@@H](CCCN=C(N)N)C(=O)N[C@H](CCC(=O)O)C(=O)N[C@@H](CCCN=C(N)N)C(=O)N[C@@H](CCCN=C(N)N)C(=O)N[C@@H](CCCN=C(N)N)C(=O)N[C@@H](CCCCN)C(=O)N[C@@H](CCCCN)C(=O)N[C@@H](CCCN=C(N)N)C(=O)NCC(N)=O. The molecule has 1 fully saturated rings. The van der Waals surface area contributed by atoms with Gasteiger partial charge in [0.1, 0.15) is 60.4 Å². The maximum absolute atomic E-state index is 14.8. The number of carbonyl (C=O) groups is 12. The Balaban J connectivity index is 3.92. The first-order chi connectivity index (χ1) is 47.7. The van der Waals surface area contributed by atoms with Crippen LogP contribution in [-0.2, 0) is 57.5 Å². The fourth-order valence-electron chi connectivity index (χ4n) is 10.1. The van der Waals surface area contributed by atoms with Crippen LogP contribution in [0.15, 0.2) is 25.0 Å². The predicted octanol–water partition coefficient (Wildman–Crippen LogP) is -11.4. The van der Waals surface area contributed by atoms with Gasteiger partial charge in [0, 0.05) is 45.7 Å². The van der Waals surface area contributed by atoms with Crippen LogP contribution in [0.3, 0.4) is 0 Å². The second kappa shape index (κ2) is 49.4. The zero-order valence-electron chi connectivity index (χ0n) is 57.4. The predicted molar refractivity (Wildman–Crippen MR) is 374 cm³/mol. The third-order valence-corrected chi connectivity index (χ3v) is 15.4. The number of aliphatic hydroxyl groups excluding tert-OH is 1. The fourth-order valence-corrected chi connectivity index (χ4v) is 10.1. The van der Waals surface area contributed by atoms with Gasteiger partial charge in [0.15, 0.2) is 29.8 Å². The lowest BCUT2D eigenvalue weighted by Gasteiger charge is -2.30. The highest BCUT2D eigenvalue weighted by Gasteiger charge is 2.40. The molecule has 1 rings (SSSR count). The van der Waals surface area contributed by atoms with Crippen LogP contribution in [0.4, 0.5) is 0 Å². The molecule has 0 aromatic heterocycles. The van der Waals surface area contributed by atoms with Gasteiger partial charge < -0.3 is 143 Å². The molecule has 1 aliphatic rings. The highest BCUT2D eigenvalue weighted by atomic mass is 16.4. The summed E-state index contributed by atoms with van der Waals surface area (Å²) in [6.07, 6.45) is -1.49. The van der Waals surface area contributed by atoms with Gasteiger partial charge in [-0.2, -0.15) is 0 Å². The van der Waals surface area contributed by atoms with Crippen molar-refractivity contribution in [2.24, 2.45) is 105 Å². The molecule has 11 amide bonds. The summed E-state index contributed by atoms with van der Waals surface area (Å²) >= 11 is 0. The quantitative estimate of drug-likeness (QED) is 0.0153. The number of rotatable bonds is 52. The van der Waals surface area contributed by atoms with E-state index >= 15 is 0 Å². The van der Waals surface area contributed by atoms with E-state index in [1.807, 2.05) is 0 Å². The number of amides is 11. The molecule has 39 N–H and O–H groups in total. The standard InChI is InChI=1S/C58H111N29O14/c1-31(88)43(62)53(101)87-29-11-19-40(87)52(100)86-38(18-10-28-77-58(71)72)50(98)85-39(20-21-42(90)91)51(99)84-37(17-9-27-76-57(69)70)49(97)83-36(16-8-26-75-56(67)68)48(96)82-35(15-7-25-74-55(65)66)47(95)81-34(13-3-5-23-60)46(94)80-33(12-2-4-22-59)45(93)79-32(14-6-24-73-54(63)64)44(92)78-30-41(61)89/h31-40,43,88H,2-30,59-60,62H2,1H3,(H2,61,89)(H,78,92)(H,79,93)(H,80,94)(H,81,95)(H,82,96)(H,83,97)(H,84,99)(H,85,98)(H,86,100)(H,90,91)(H4,63,64,73)(H4,65,66,74)(H4,67,68,75)(H4,69,70,76)(H4,71,72,77)/t31-,32-,33-,34-,35-,36-,37-,38-,39+,40-,43-/m0/s1. The summed E-state index contributed by atoms with van der Waals surface area (Å²) < 4.78 is 0. The zero-order valence-corrected chi connectivity index (χ0v) is 57.4. The van der Waals surface area contributed by atoms with E-state index < -0.39 is 157 Å². The first kappa shape index (κ1) is 88.8. The molecule has 101 heavy (non-hydrogen) atoms. The lowest BCUT2D eigenvalue weighted by atomic mass is 10.0. The number of aliphatic imine (C=N–C) groups is 5. The summed E-state index contributed by atoms with van der Waals surface area (Å²) in [4.78, 5) is 187. The molecule has 0 aromatic carbocycles. The molecule has 1 saturated heterocycles. The number of hydrogen-bond donors (Lipinski definition) is 25. The average Bonchev–Trinajstić information content (AvgIpc) is 1.77. The maximum Gasteiger partial charge on any atom is 0.303 e. The van der Waals surface area contributed by atoms with Gasteiger partial charge in [-0.1, -0.05) is 0 Å². The summed E-state index contributed by atoms with van der Waals surface area (Å²) in [5.74, 6) is -12.8. The topological polar surface area (TPSA) is 783 Å². The van der Waals surface area contributed by atoms with Crippen molar-refractivity contribution in [1.29, 1.82) is 0 Å². The van der Waals surface area contributed by atoms with E-state index in [0.717, 1.165) is 0 Å². The van der Waals surface area contributed by atoms with Crippen molar-refractivity contribution >= 4 is 101 Å². The van der Waals surface area contributed by atoms with Gasteiger partial charge in [-0.3, -0.25) is 82.5 Å². The maximum atomic E-state index is 14.8. The fraction of sp³-hybridized carbons (Fsp3) is 0.707. The van der Waals surface area contributed by atoms with E-state index in [1.165, 1.54) is 11.8 Å². The van der Waals surface area contributed by atoms with Crippen molar-refractivity contribution in [3.63, 3.8) is 0 Å². The largest absolute Gasteiger partial charge is 0.481 e. The first-order valence-electron chi connectivity index (χ1n) is 33.3. The minimum Gasteiger partial charge on any atom is -0.481 e. The summed E-state index contributed by atoms with van der Waals surface area (Å²) in [5, 5.41) is 43.0. The number of hydrogen-bond acceptors (Lipinski definition) is 21. The molecule has 0 aliphatic carbocycles. The van der Waals surface area contributed by atoms with Crippen LogP contribution in [0, 0.1) is 0 Å². The van der Waals surface area contributed by atoms with Crippen molar-refractivity contribution < 1.29 is 67.7 Å². The van der Waals surface area contributed by atoms with Crippen LogP contribution in [0.5, 0.6) is 0 Å². The van der Waals surface area contributed by atoms with Gasteiger partial charge in [0.05, 0.1) is 12.6 Å². The Morgan fingerprint density at radius 2 is 0.693 bits per heavy atom. The number of guanidine groups is 5. The Kier molecular flexibility index (Phi) is 43.4. The van der Waals surface area contributed by atoms with Gasteiger partial charge in [-0.25, -0.2) is 0 Å². The lowest BCUT2D eigenvalue weighted by molar-refractivity contribution is -0.142. The Bertz CT molecular complexity index is 2840. The van der Waals surface area contributed by atoms with Gasteiger partial charge in [0.25, 0.3) is 0 Å². The third-order valence-electron chi connectivity index (χ3n) is 15.4. The molecule has 0 saturated carbocycles. The van der Waals surface area contributed by atoms with E-state index in [0.29, 0.717) is 25.7 Å². The van der Waals surface area contributed by atoms with Crippen molar-refractivity contribution in [2.45, 2.75) is 202 Å². The van der Waals surface area contributed by atoms with Crippen LogP contribution in [-0.4, -0.2) is 241 Å². The van der Waals surface area contributed by atoms with Crippen molar-refractivity contribution in [3.8, 4) is 0 Å². The second-order valence-corrected chi connectivity index (χ2v) is 23.9. The number of carboxylic acid groups (broad SMARTS) is 1. The molecular formula is C58H111N29O14. The van der Waals surface area contributed by atoms with E-state index in [2.05, 4.69) is 72.8 Å². The van der Waals surface area contributed by atoms with Crippen LogP contribution in [0.2, 0.25) is 0 Å². The Hall–Kier alpha value is -10.2.